The fourth-order valence-corrected chi connectivity index (χ4v) is 2.54. The standard InChI is InChI=1S/C19H18F2N4O3/c1-27-17-9-13(7-8-16(17)28-19(20)21)10-22-18(26)12-25-11-15(23-24-25)14-5-3-2-4-6-14/h2-9,11,19H,10,12H2,1H3,(H,22,26). The molecule has 3 aromatic rings. The molecular formula is C19H18F2N4O3. The number of alkyl halides is 2. The number of hydrogen-bond donors (Lipinski definition) is 1. The van der Waals surface area contributed by atoms with Crippen LogP contribution in [0.2, 0.25) is 0 Å². The molecule has 1 heterocycles. The molecule has 146 valence electrons. The van der Waals surface area contributed by atoms with Crippen LogP contribution in [0.4, 0.5) is 8.78 Å². The highest BCUT2D eigenvalue weighted by Gasteiger charge is 2.12. The second-order valence-electron chi connectivity index (χ2n) is 5.81. The van der Waals surface area contributed by atoms with Crippen LogP contribution in [0.5, 0.6) is 11.5 Å². The van der Waals surface area contributed by atoms with E-state index in [1.54, 1.807) is 12.3 Å². The summed E-state index contributed by atoms with van der Waals surface area (Å²) in [5.41, 5.74) is 2.26. The van der Waals surface area contributed by atoms with Crippen molar-refractivity contribution in [1.82, 2.24) is 20.3 Å². The van der Waals surface area contributed by atoms with Crippen LogP contribution in [0.25, 0.3) is 11.3 Å². The van der Waals surface area contributed by atoms with E-state index in [9.17, 15) is 13.6 Å². The van der Waals surface area contributed by atoms with Crippen molar-refractivity contribution >= 4 is 5.91 Å². The van der Waals surface area contributed by atoms with Gasteiger partial charge < -0.3 is 14.8 Å². The molecule has 7 nitrogen and oxygen atoms in total. The van der Waals surface area contributed by atoms with Gasteiger partial charge in [-0.25, -0.2) is 4.68 Å². The van der Waals surface area contributed by atoms with E-state index < -0.39 is 6.61 Å². The molecule has 0 aliphatic heterocycles. The van der Waals surface area contributed by atoms with Gasteiger partial charge in [-0.3, -0.25) is 4.79 Å². The Hall–Kier alpha value is -3.49. The van der Waals surface area contributed by atoms with E-state index in [-0.39, 0.29) is 30.5 Å². The molecule has 28 heavy (non-hydrogen) atoms. The van der Waals surface area contributed by atoms with E-state index in [2.05, 4.69) is 20.4 Å². The third-order valence-corrected chi connectivity index (χ3v) is 3.85. The lowest BCUT2D eigenvalue weighted by Gasteiger charge is -2.12. The van der Waals surface area contributed by atoms with E-state index in [1.807, 2.05) is 30.3 Å². The number of hydrogen-bond acceptors (Lipinski definition) is 5. The van der Waals surface area contributed by atoms with Crippen molar-refractivity contribution in [2.75, 3.05) is 7.11 Å². The van der Waals surface area contributed by atoms with Crippen LogP contribution in [0.15, 0.2) is 54.7 Å². The number of halogens is 2. The summed E-state index contributed by atoms with van der Waals surface area (Å²) in [6.45, 7) is -2.74. The summed E-state index contributed by atoms with van der Waals surface area (Å²) in [5, 5.41) is 10.7. The quantitative estimate of drug-likeness (QED) is 0.642. The molecule has 0 saturated carbocycles. The minimum absolute atomic E-state index is 0.00352. The monoisotopic (exact) mass is 388 g/mol. The maximum absolute atomic E-state index is 12.4. The smallest absolute Gasteiger partial charge is 0.387 e. The summed E-state index contributed by atoms with van der Waals surface area (Å²) >= 11 is 0. The van der Waals surface area contributed by atoms with Crippen LogP contribution >= 0.6 is 0 Å². The average Bonchev–Trinajstić information content (AvgIpc) is 3.16. The van der Waals surface area contributed by atoms with Crippen molar-refractivity contribution in [1.29, 1.82) is 0 Å². The van der Waals surface area contributed by atoms with Crippen molar-refractivity contribution < 1.29 is 23.0 Å². The Morgan fingerprint density at radius 3 is 2.68 bits per heavy atom. The summed E-state index contributed by atoms with van der Waals surface area (Å²) in [4.78, 5) is 12.1. The number of rotatable bonds is 8. The summed E-state index contributed by atoms with van der Waals surface area (Å²) in [7, 11) is 1.35. The van der Waals surface area contributed by atoms with Gasteiger partial charge in [-0.2, -0.15) is 8.78 Å². The van der Waals surface area contributed by atoms with Gasteiger partial charge in [0.2, 0.25) is 5.91 Å². The number of carbonyl (C=O) groups is 1. The first-order valence-corrected chi connectivity index (χ1v) is 8.39. The van der Waals surface area contributed by atoms with Crippen LogP contribution in [0, 0.1) is 0 Å². The van der Waals surface area contributed by atoms with Crippen LogP contribution in [0.3, 0.4) is 0 Å². The highest BCUT2D eigenvalue weighted by atomic mass is 19.3. The van der Waals surface area contributed by atoms with E-state index in [4.69, 9.17) is 4.74 Å². The number of amides is 1. The molecule has 0 fully saturated rings. The predicted octanol–water partition coefficient (Wildman–Crippen LogP) is 2.87. The Balaban J connectivity index is 1.57. The first kappa shape index (κ1) is 19.3. The molecule has 0 bridgehead atoms. The molecule has 2 aromatic carbocycles. The fraction of sp³-hybridized carbons (Fsp3) is 0.211. The van der Waals surface area contributed by atoms with Crippen LogP contribution < -0.4 is 14.8 Å². The summed E-state index contributed by atoms with van der Waals surface area (Å²) in [6.07, 6.45) is 1.69. The van der Waals surface area contributed by atoms with Crippen molar-refractivity contribution in [2.45, 2.75) is 19.7 Å². The van der Waals surface area contributed by atoms with Crippen molar-refractivity contribution in [3.05, 3.63) is 60.3 Å². The highest BCUT2D eigenvalue weighted by molar-refractivity contribution is 5.75. The Kier molecular flexibility index (Phi) is 6.15. The molecule has 1 aromatic heterocycles. The number of methoxy groups -OCH3 is 1. The van der Waals surface area contributed by atoms with Crippen LogP contribution in [0.1, 0.15) is 5.56 Å². The molecule has 9 heteroatoms. The molecule has 0 unspecified atom stereocenters. The van der Waals surface area contributed by atoms with Gasteiger partial charge in [-0.05, 0) is 17.7 Å². The van der Waals surface area contributed by atoms with Crippen molar-refractivity contribution in [3.8, 4) is 22.8 Å². The van der Waals surface area contributed by atoms with Gasteiger partial charge in [0.1, 0.15) is 12.2 Å². The Labute approximate surface area is 159 Å². The van der Waals surface area contributed by atoms with E-state index in [1.165, 1.54) is 23.9 Å². The molecule has 0 atom stereocenters. The number of benzene rings is 2. The van der Waals surface area contributed by atoms with Gasteiger partial charge in [0.05, 0.1) is 13.3 Å². The van der Waals surface area contributed by atoms with E-state index in [0.717, 1.165) is 5.56 Å². The summed E-state index contributed by atoms with van der Waals surface area (Å²) in [5.74, 6) is -0.171. The zero-order valence-electron chi connectivity index (χ0n) is 15.0. The first-order valence-electron chi connectivity index (χ1n) is 8.39. The topological polar surface area (TPSA) is 78.3 Å². The third kappa shape index (κ3) is 5.03. The van der Waals surface area contributed by atoms with Crippen LogP contribution in [-0.2, 0) is 17.9 Å². The molecule has 0 spiro atoms. The van der Waals surface area contributed by atoms with Gasteiger partial charge in [-0.1, -0.05) is 41.6 Å². The molecule has 0 aliphatic carbocycles. The van der Waals surface area contributed by atoms with Crippen molar-refractivity contribution in [2.24, 2.45) is 0 Å². The van der Waals surface area contributed by atoms with Gasteiger partial charge in [0, 0.05) is 12.1 Å². The molecule has 0 saturated heterocycles. The fourth-order valence-electron chi connectivity index (χ4n) is 2.54. The predicted molar refractivity (Wildman–Crippen MR) is 96.9 cm³/mol. The number of nitrogens with one attached hydrogen (secondary N) is 1. The van der Waals surface area contributed by atoms with E-state index >= 15 is 0 Å². The maximum atomic E-state index is 12.4. The van der Waals surface area contributed by atoms with Crippen LogP contribution in [-0.4, -0.2) is 34.6 Å². The lowest BCUT2D eigenvalue weighted by Crippen LogP contribution is -2.27. The Morgan fingerprint density at radius 1 is 1.18 bits per heavy atom. The van der Waals surface area contributed by atoms with Crippen molar-refractivity contribution in [3.63, 3.8) is 0 Å². The third-order valence-electron chi connectivity index (χ3n) is 3.85. The number of carbonyl (C=O) groups excluding carboxylic acids is 1. The van der Waals surface area contributed by atoms with Gasteiger partial charge in [0.25, 0.3) is 0 Å². The first-order chi connectivity index (χ1) is 13.5. The second kappa shape index (κ2) is 8.94. The number of aromatic nitrogens is 3. The molecule has 3 rings (SSSR count). The lowest BCUT2D eigenvalue weighted by atomic mass is 10.2. The Bertz CT molecular complexity index is 932. The number of ether oxygens (including phenoxy) is 2. The summed E-state index contributed by atoms with van der Waals surface area (Å²) in [6, 6.07) is 14.0. The normalized spacial score (nSPS) is 10.7. The van der Waals surface area contributed by atoms with Gasteiger partial charge >= 0.3 is 6.61 Å². The van der Waals surface area contributed by atoms with Gasteiger partial charge in [-0.15, -0.1) is 5.10 Å². The SMILES string of the molecule is COc1cc(CNC(=O)Cn2cc(-c3ccccc3)nn2)ccc1OC(F)F. The summed E-state index contributed by atoms with van der Waals surface area (Å²) < 4.78 is 35.6. The molecular weight excluding hydrogens is 370 g/mol. The molecule has 0 radical (unpaired) electrons. The minimum Gasteiger partial charge on any atom is -0.493 e. The van der Waals surface area contributed by atoms with Gasteiger partial charge in [0.15, 0.2) is 11.5 Å². The average molecular weight is 388 g/mol. The second-order valence-corrected chi connectivity index (χ2v) is 5.81. The maximum Gasteiger partial charge on any atom is 0.387 e. The number of nitrogens with zero attached hydrogens (tertiary/aromatic N) is 3. The zero-order chi connectivity index (χ0) is 19.9. The molecule has 0 aliphatic rings. The Morgan fingerprint density at radius 2 is 1.96 bits per heavy atom. The highest BCUT2D eigenvalue weighted by Crippen LogP contribution is 2.29. The zero-order valence-corrected chi connectivity index (χ0v) is 15.0. The molecule has 1 amide bonds. The molecule has 1 N–H and O–H groups in total. The lowest BCUT2D eigenvalue weighted by molar-refractivity contribution is -0.122. The van der Waals surface area contributed by atoms with E-state index in [0.29, 0.717) is 11.3 Å². The largest absolute Gasteiger partial charge is 0.493 e. The minimum atomic E-state index is -2.94.